The summed E-state index contributed by atoms with van der Waals surface area (Å²) in [6, 6.07) is 10.8. The van der Waals surface area contributed by atoms with Gasteiger partial charge < -0.3 is 10.2 Å². The molecule has 0 fully saturated rings. The fourth-order valence-electron chi connectivity index (χ4n) is 3.30. The van der Waals surface area contributed by atoms with Gasteiger partial charge in [0, 0.05) is 28.2 Å². The lowest BCUT2D eigenvalue weighted by atomic mass is 10.1. The number of benzene rings is 2. The second-order valence-electron chi connectivity index (χ2n) is 8.32. The van der Waals surface area contributed by atoms with Gasteiger partial charge in [-0.2, -0.15) is 0 Å². The van der Waals surface area contributed by atoms with E-state index in [2.05, 4.69) is 5.32 Å². The Morgan fingerprint density at radius 1 is 1.06 bits per heavy atom. The number of amides is 2. The van der Waals surface area contributed by atoms with Crippen molar-refractivity contribution in [1.82, 2.24) is 10.2 Å². The quantitative estimate of drug-likeness (QED) is 0.495. The van der Waals surface area contributed by atoms with E-state index in [1.807, 2.05) is 26.8 Å². The minimum Gasteiger partial charge on any atom is -0.352 e. The third-order valence-electron chi connectivity index (χ3n) is 5.53. The second kappa shape index (κ2) is 11.9. The summed E-state index contributed by atoms with van der Waals surface area (Å²) in [5, 5.41) is 3.56. The Labute approximate surface area is 212 Å². The predicted octanol–water partition coefficient (Wildman–Crippen LogP) is 4.40. The van der Waals surface area contributed by atoms with Crippen molar-refractivity contribution in [3.8, 4) is 0 Å². The van der Waals surface area contributed by atoms with Crippen molar-refractivity contribution in [2.24, 2.45) is 0 Å². The summed E-state index contributed by atoms with van der Waals surface area (Å²) in [5.41, 5.74) is 1.69. The highest BCUT2D eigenvalue weighted by molar-refractivity contribution is 7.92. The molecule has 0 spiro atoms. The number of nitrogens with zero attached hydrogens (tertiary/aromatic N) is 2. The Morgan fingerprint density at radius 3 is 2.18 bits per heavy atom. The van der Waals surface area contributed by atoms with Crippen LogP contribution in [0.5, 0.6) is 0 Å². The largest absolute Gasteiger partial charge is 0.352 e. The third-order valence-corrected chi connectivity index (χ3v) is 7.38. The van der Waals surface area contributed by atoms with Gasteiger partial charge >= 0.3 is 0 Å². The van der Waals surface area contributed by atoms with E-state index in [1.54, 1.807) is 43.3 Å². The van der Waals surface area contributed by atoms with E-state index in [4.69, 9.17) is 23.2 Å². The number of rotatable bonds is 10. The van der Waals surface area contributed by atoms with Gasteiger partial charge in [-0.25, -0.2) is 8.42 Å². The van der Waals surface area contributed by atoms with Crippen molar-refractivity contribution in [3.63, 3.8) is 0 Å². The molecule has 0 radical (unpaired) electrons. The molecule has 10 heteroatoms. The van der Waals surface area contributed by atoms with E-state index in [0.717, 1.165) is 22.5 Å². The van der Waals surface area contributed by atoms with Crippen LogP contribution in [0.3, 0.4) is 0 Å². The Morgan fingerprint density at radius 2 is 1.65 bits per heavy atom. The number of carbonyl (C=O) groups is 2. The van der Waals surface area contributed by atoms with Gasteiger partial charge in [0.1, 0.15) is 12.6 Å². The molecule has 0 saturated carbocycles. The number of hydrogen-bond donors (Lipinski definition) is 1. The normalized spacial score (nSPS) is 13.1. The van der Waals surface area contributed by atoms with E-state index < -0.39 is 28.5 Å². The van der Waals surface area contributed by atoms with E-state index in [-0.39, 0.29) is 18.5 Å². The Kier molecular flexibility index (Phi) is 9.79. The molecule has 2 atom stereocenters. The molecule has 0 aliphatic carbocycles. The van der Waals surface area contributed by atoms with Crippen molar-refractivity contribution in [3.05, 3.63) is 63.6 Å². The number of hydrogen-bond acceptors (Lipinski definition) is 4. The predicted molar refractivity (Wildman–Crippen MR) is 138 cm³/mol. The first-order valence-corrected chi connectivity index (χ1v) is 13.5. The molecule has 0 aliphatic heterocycles. The van der Waals surface area contributed by atoms with Gasteiger partial charge in [0.25, 0.3) is 0 Å². The number of nitrogens with one attached hydrogen (secondary N) is 1. The van der Waals surface area contributed by atoms with Gasteiger partial charge in [-0.3, -0.25) is 13.9 Å². The van der Waals surface area contributed by atoms with Gasteiger partial charge in [0.15, 0.2) is 0 Å². The molecule has 0 aromatic heterocycles. The van der Waals surface area contributed by atoms with Gasteiger partial charge in [-0.1, -0.05) is 48.3 Å². The first-order valence-electron chi connectivity index (χ1n) is 10.9. The van der Waals surface area contributed by atoms with Crippen molar-refractivity contribution in [2.45, 2.75) is 52.7 Å². The number of halogens is 2. The number of aryl methyl sites for hydroxylation is 1. The topological polar surface area (TPSA) is 86.8 Å². The molecule has 2 amide bonds. The van der Waals surface area contributed by atoms with Gasteiger partial charge in [0.05, 0.1) is 11.9 Å². The fourth-order valence-corrected chi connectivity index (χ4v) is 4.66. The molecule has 0 unspecified atom stereocenters. The number of carbonyl (C=O) groups excluding carboxylic acids is 2. The molecule has 1 N–H and O–H groups in total. The molecule has 7 nitrogen and oxygen atoms in total. The minimum absolute atomic E-state index is 0.0577. The van der Waals surface area contributed by atoms with Crippen LogP contribution >= 0.6 is 23.2 Å². The lowest BCUT2D eigenvalue weighted by Gasteiger charge is -2.32. The summed E-state index contributed by atoms with van der Waals surface area (Å²) in [5.74, 6) is -0.915. The third kappa shape index (κ3) is 7.35. The highest BCUT2D eigenvalue weighted by Gasteiger charge is 2.31. The Balaban J connectivity index is 2.45. The lowest BCUT2D eigenvalue weighted by Crippen LogP contribution is -2.52. The van der Waals surface area contributed by atoms with Crippen LogP contribution in [0.25, 0.3) is 0 Å². The van der Waals surface area contributed by atoms with Gasteiger partial charge in [-0.15, -0.1) is 0 Å². The zero-order valence-corrected chi connectivity index (χ0v) is 22.3. The van der Waals surface area contributed by atoms with E-state index >= 15 is 0 Å². The highest BCUT2D eigenvalue weighted by atomic mass is 35.5. The summed E-state index contributed by atoms with van der Waals surface area (Å²) in [6.45, 7) is 6.69. The van der Waals surface area contributed by atoms with Crippen molar-refractivity contribution in [1.29, 1.82) is 0 Å². The van der Waals surface area contributed by atoms with Crippen LogP contribution in [0.15, 0.2) is 42.5 Å². The minimum atomic E-state index is -3.79. The highest BCUT2D eigenvalue weighted by Crippen LogP contribution is 2.27. The van der Waals surface area contributed by atoms with Gasteiger partial charge in [-0.05, 0) is 57.0 Å². The molecule has 0 heterocycles. The van der Waals surface area contributed by atoms with Crippen LogP contribution in [-0.4, -0.2) is 50.0 Å². The molecule has 2 aromatic rings. The van der Waals surface area contributed by atoms with Crippen molar-refractivity contribution in [2.75, 3.05) is 17.1 Å². The summed E-state index contributed by atoms with van der Waals surface area (Å²) < 4.78 is 26.2. The molecule has 0 saturated heterocycles. The van der Waals surface area contributed by atoms with Crippen molar-refractivity contribution < 1.29 is 18.0 Å². The van der Waals surface area contributed by atoms with Crippen LogP contribution < -0.4 is 9.62 Å². The smallest absolute Gasteiger partial charge is 0.244 e. The summed E-state index contributed by atoms with van der Waals surface area (Å²) in [6.07, 6.45) is 1.76. The summed E-state index contributed by atoms with van der Waals surface area (Å²) in [7, 11) is -3.79. The van der Waals surface area contributed by atoms with E-state index in [9.17, 15) is 18.0 Å². The van der Waals surface area contributed by atoms with Crippen molar-refractivity contribution >= 4 is 50.7 Å². The zero-order valence-electron chi connectivity index (χ0n) is 20.0. The second-order valence-corrected chi connectivity index (χ2v) is 11.0. The SMILES string of the molecule is CC[C@@H](C)NC(=O)[C@H](C)N(Cc1c(Cl)cccc1Cl)C(=O)CN(c1cccc(C)c1)S(C)(=O)=O. The molecule has 34 heavy (non-hydrogen) atoms. The average molecular weight is 529 g/mol. The standard InChI is InChI=1S/C24H31Cl2N3O4S/c1-6-17(3)27-24(31)18(4)28(14-20-21(25)11-8-12-22(20)26)23(30)15-29(34(5,32)33)19-10-7-9-16(2)13-19/h7-13,17-18H,6,14-15H2,1-5H3,(H,27,31)/t17-,18+/m1/s1. The molecule has 186 valence electrons. The maximum Gasteiger partial charge on any atom is 0.244 e. The maximum atomic E-state index is 13.5. The van der Waals surface area contributed by atoms with Crippen LogP contribution in [-0.2, 0) is 26.2 Å². The Bertz CT molecular complexity index is 1120. The first kappa shape index (κ1) is 28.0. The maximum absolute atomic E-state index is 13.5. The molecule has 2 aromatic carbocycles. The number of anilines is 1. The molecule has 2 rings (SSSR count). The average Bonchev–Trinajstić information content (AvgIpc) is 2.75. The van der Waals surface area contributed by atoms with Crippen LogP contribution in [0.4, 0.5) is 5.69 Å². The zero-order chi connectivity index (χ0) is 25.6. The molecular weight excluding hydrogens is 497 g/mol. The van der Waals surface area contributed by atoms with Gasteiger partial charge in [0.2, 0.25) is 21.8 Å². The van der Waals surface area contributed by atoms with Crippen LogP contribution in [0.2, 0.25) is 10.0 Å². The molecule has 0 aliphatic rings. The van der Waals surface area contributed by atoms with E-state index in [0.29, 0.717) is 21.3 Å². The molecule has 0 bridgehead atoms. The summed E-state index contributed by atoms with van der Waals surface area (Å²) >= 11 is 12.7. The fraction of sp³-hybridized carbons (Fsp3) is 0.417. The van der Waals surface area contributed by atoms with Crippen LogP contribution in [0, 0.1) is 6.92 Å². The monoisotopic (exact) mass is 527 g/mol. The Hall–Kier alpha value is -2.29. The van der Waals surface area contributed by atoms with E-state index in [1.165, 1.54) is 4.90 Å². The lowest BCUT2D eigenvalue weighted by molar-refractivity contribution is -0.139. The van der Waals surface area contributed by atoms with Crippen LogP contribution in [0.1, 0.15) is 38.3 Å². The number of sulfonamides is 1. The molecular formula is C24H31Cl2N3O4S. The summed E-state index contributed by atoms with van der Waals surface area (Å²) in [4.78, 5) is 27.8. The first-order chi connectivity index (χ1) is 15.8.